The molecule has 0 spiro atoms. The van der Waals surface area contributed by atoms with Gasteiger partial charge in [0.05, 0.1) is 12.5 Å². The highest BCUT2D eigenvalue weighted by molar-refractivity contribution is 9.10. The van der Waals surface area contributed by atoms with Crippen LogP contribution in [0.3, 0.4) is 0 Å². The lowest BCUT2D eigenvalue weighted by molar-refractivity contribution is 0.786. The van der Waals surface area contributed by atoms with Crippen molar-refractivity contribution < 1.29 is 0 Å². The third-order valence-electron chi connectivity index (χ3n) is 3.26. The fraction of sp³-hybridized carbons (Fsp3) is 0.500. The summed E-state index contributed by atoms with van der Waals surface area (Å²) in [6, 6.07) is 9.17. The Morgan fingerprint density at radius 2 is 2.28 bits per heavy atom. The van der Waals surface area contributed by atoms with E-state index in [1.807, 2.05) is 6.92 Å². The number of rotatable bonds is 5. The number of nitriles is 1. The van der Waals surface area contributed by atoms with Gasteiger partial charge < -0.3 is 10.6 Å². The molecule has 0 aromatic heterocycles. The molecule has 2 N–H and O–H groups in total. The molecule has 96 valence electrons. The molecule has 0 aliphatic heterocycles. The van der Waals surface area contributed by atoms with Gasteiger partial charge in [0.1, 0.15) is 0 Å². The smallest absolute Gasteiger partial charge is 0.0640 e. The molecule has 0 saturated heterocycles. The number of anilines is 1. The molecule has 1 aliphatic rings. The Hall–Kier alpha value is -1.05. The zero-order chi connectivity index (χ0) is 13.1. The number of nitrogens with zero attached hydrogens (tertiary/aromatic N) is 2. The largest absolute Gasteiger partial charge is 0.367 e. The van der Waals surface area contributed by atoms with Crippen molar-refractivity contribution in [3.8, 4) is 6.07 Å². The van der Waals surface area contributed by atoms with Crippen LogP contribution >= 0.6 is 15.9 Å². The molecule has 0 bridgehead atoms. The molecule has 3 nitrogen and oxygen atoms in total. The van der Waals surface area contributed by atoms with Crippen molar-refractivity contribution in [1.82, 2.24) is 0 Å². The van der Waals surface area contributed by atoms with E-state index < -0.39 is 0 Å². The summed E-state index contributed by atoms with van der Waals surface area (Å²) in [4.78, 5) is 2.33. The fourth-order valence-corrected chi connectivity index (χ4v) is 2.87. The third-order valence-corrected chi connectivity index (χ3v) is 3.95. The highest BCUT2D eigenvalue weighted by Gasteiger charge is 2.29. The molecular formula is C14H18BrN3. The zero-order valence-corrected chi connectivity index (χ0v) is 12.2. The first-order valence-corrected chi connectivity index (χ1v) is 7.11. The Bertz CT molecular complexity index is 461. The Kier molecular flexibility index (Phi) is 4.26. The SMILES string of the molecule is C[C@@H](N)c1ccc(N(CCC#N)C2CC2)cc1Br. The van der Waals surface area contributed by atoms with Gasteiger partial charge in [-0.25, -0.2) is 0 Å². The maximum Gasteiger partial charge on any atom is 0.0640 e. The summed E-state index contributed by atoms with van der Waals surface area (Å²) in [5.74, 6) is 0. The van der Waals surface area contributed by atoms with Crippen molar-refractivity contribution in [1.29, 1.82) is 5.26 Å². The lowest BCUT2D eigenvalue weighted by Gasteiger charge is -2.24. The van der Waals surface area contributed by atoms with Crippen LogP contribution < -0.4 is 10.6 Å². The van der Waals surface area contributed by atoms with Gasteiger partial charge in [0.2, 0.25) is 0 Å². The molecule has 1 aromatic rings. The second-order valence-electron chi connectivity index (χ2n) is 4.83. The van der Waals surface area contributed by atoms with Gasteiger partial charge in [0.15, 0.2) is 0 Å². The van der Waals surface area contributed by atoms with Gasteiger partial charge in [-0.3, -0.25) is 0 Å². The number of hydrogen-bond acceptors (Lipinski definition) is 3. The van der Waals surface area contributed by atoms with E-state index in [0.717, 1.165) is 16.6 Å². The monoisotopic (exact) mass is 307 g/mol. The minimum atomic E-state index is 0.0295. The third kappa shape index (κ3) is 3.04. The van der Waals surface area contributed by atoms with Crippen molar-refractivity contribution in [2.24, 2.45) is 5.73 Å². The molecule has 4 heteroatoms. The fourth-order valence-electron chi connectivity index (χ4n) is 2.14. The van der Waals surface area contributed by atoms with E-state index in [1.54, 1.807) is 0 Å². The topological polar surface area (TPSA) is 53.0 Å². The Morgan fingerprint density at radius 3 is 2.78 bits per heavy atom. The number of nitrogens with two attached hydrogens (primary N) is 1. The standard InChI is InChI=1S/C14H18BrN3/c1-10(17)13-6-5-12(9-14(13)15)18(8-2-7-16)11-3-4-11/h5-6,9-11H,2-4,8,17H2,1H3/t10-/m1/s1. The number of halogens is 1. The summed E-state index contributed by atoms with van der Waals surface area (Å²) in [5.41, 5.74) is 8.21. The molecule has 1 atom stereocenters. The van der Waals surface area contributed by atoms with Gasteiger partial charge in [-0.1, -0.05) is 22.0 Å². The van der Waals surface area contributed by atoms with Gasteiger partial charge in [0, 0.05) is 28.8 Å². The van der Waals surface area contributed by atoms with Crippen molar-refractivity contribution in [2.45, 2.75) is 38.3 Å². The molecule has 0 radical (unpaired) electrons. The van der Waals surface area contributed by atoms with Crippen LogP contribution in [0, 0.1) is 11.3 Å². The lowest BCUT2D eigenvalue weighted by atomic mass is 10.1. The summed E-state index contributed by atoms with van der Waals surface area (Å²) in [5, 5.41) is 8.73. The summed E-state index contributed by atoms with van der Waals surface area (Å²) in [6.45, 7) is 2.79. The predicted octanol–water partition coefficient (Wildman–Crippen LogP) is 3.35. The first kappa shape index (κ1) is 13.4. The molecule has 0 heterocycles. The van der Waals surface area contributed by atoms with E-state index in [9.17, 15) is 0 Å². The second-order valence-corrected chi connectivity index (χ2v) is 5.68. The Balaban J connectivity index is 2.20. The highest BCUT2D eigenvalue weighted by atomic mass is 79.9. The first-order valence-electron chi connectivity index (χ1n) is 6.32. The molecule has 1 saturated carbocycles. The van der Waals surface area contributed by atoms with Crippen LogP contribution in [0.5, 0.6) is 0 Å². The van der Waals surface area contributed by atoms with Gasteiger partial charge in [-0.15, -0.1) is 0 Å². The van der Waals surface area contributed by atoms with E-state index in [0.29, 0.717) is 12.5 Å². The van der Waals surface area contributed by atoms with Crippen LogP contribution in [-0.4, -0.2) is 12.6 Å². The quantitative estimate of drug-likeness (QED) is 0.907. The second kappa shape index (κ2) is 5.73. The average molecular weight is 308 g/mol. The van der Waals surface area contributed by atoms with Crippen LogP contribution in [0.2, 0.25) is 0 Å². The molecule has 18 heavy (non-hydrogen) atoms. The first-order chi connectivity index (χ1) is 8.63. The minimum Gasteiger partial charge on any atom is -0.367 e. The normalized spacial score (nSPS) is 16.1. The van der Waals surface area contributed by atoms with Gasteiger partial charge in [0.25, 0.3) is 0 Å². The maximum atomic E-state index is 8.73. The van der Waals surface area contributed by atoms with E-state index in [1.165, 1.54) is 18.5 Å². The molecule has 0 amide bonds. The molecule has 1 fully saturated rings. The molecule has 0 unspecified atom stereocenters. The average Bonchev–Trinajstić information content (AvgIpc) is 3.13. The summed E-state index contributed by atoms with van der Waals surface area (Å²) < 4.78 is 1.05. The zero-order valence-electron chi connectivity index (χ0n) is 10.6. The van der Waals surface area contributed by atoms with Gasteiger partial charge >= 0.3 is 0 Å². The van der Waals surface area contributed by atoms with Crippen LogP contribution in [-0.2, 0) is 0 Å². The molecular weight excluding hydrogens is 290 g/mol. The number of hydrogen-bond donors (Lipinski definition) is 1. The van der Waals surface area contributed by atoms with E-state index in [2.05, 4.69) is 45.1 Å². The van der Waals surface area contributed by atoms with Crippen LogP contribution in [0.1, 0.15) is 37.8 Å². The Labute approximate surface area is 117 Å². The number of benzene rings is 1. The summed E-state index contributed by atoms with van der Waals surface area (Å²) in [6.07, 6.45) is 3.04. The van der Waals surface area contributed by atoms with Crippen LogP contribution in [0.25, 0.3) is 0 Å². The minimum absolute atomic E-state index is 0.0295. The van der Waals surface area contributed by atoms with Crippen molar-refractivity contribution in [2.75, 3.05) is 11.4 Å². The summed E-state index contributed by atoms with van der Waals surface area (Å²) in [7, 11) is 0. The molecule has 1 aliphatic carbocycles. The van der Waals surface area contributed by atoms with Crippen molar-refractivity contribution in [3.63, 3.8) is 0 Å². The predicted molar refractivity (Wildman–Crippen MR) is 77.3 cm³/mol. The molecule has 2 rings (SSSR count). The van der Waals surface area contributed by atoms with E-state index in [-0.39, 0.29) is 6.04 Å². The molecule has 1 aromatic carbocycles. The Morgan fingerprint density at radius 1 is 1.56 bits per heavy atom. The highest BCUT2D eigenvalue weighted by Crippen LogP contribution is 2.34. The lowest BCUT2D eigenvalue weighted by Crippen LogP contribution is -2.26. The summed E-state index contributed by atoms with van der Waals surface area (Å²) >= 11 is 3.58. The van der Waals surface area contributed by atoms with E-state index >= 15 is 0 Å². The van der Waals surface area contributed by atoms with Crippen LogP contribution in [0.15, 0.2) is 22.7 Å². The van der Waals surface area contributed by atoms with Gasteiger partial charge in [-0.05, 0) is 37.5 Å². The van der Waals surface area contributed by atoms with Crippen LogP contribution in [0.4, 0.5) is 5.69 Å². The van der Waals surface area contributed by atoms with Gasteiger partial charge in [-0.2, -0.15) is 5.26 Å². The van der Waals surface area contributed by atoms with Crippen molar-refractivity contribution in [3.05, 3.63) is 28.2 Å². The van der Waals surface area contributed by atoms with Crippen molar-refractivity contribution >= 4 is 21.6 Å². The van der Waals surface area contributed by atoms with E-state index in [4.69, 9.17) is 11.0 Å². The maximum absolute atomic E-state index is 8.73.